The Morgan fingerprint density at radius 1 is 1.40 bits per heavy atom. The van der Waals surface area contributed by atoms with Gasteiger partial charge in [-0.15, -0.1) is 0 Å². The lowest BCUT2D eigenvalue weighted by Crippen LogP contribution is -2.45. The fraction of sp³-hybridized carbons (Fsp3) is 0.667. The molecule has 2 aliphatic rings. The first-order valence-corrected chi connectivity index (χ1v) is 9.09. The molecule has 3 atom stereocenters. The number of hydrogen-bond donors (Lipinski definition) is 2. The molecule has 0 aliphatic carbocycles. The van der Waals surface area contributed by atoms with E-state index in [1.165, 1.54) is 0 Å². The summed E-state index contributed by atoms with van der Waals surface area (Å²) in [6, 6.07) is 3.86. The van der Waals surface area contributed by atoms with Crippen LogP contribution in [0.2, 0.25) is 0 Å². The predicted octanol–water partition coefficient (Wildman–Crippen LogP) is 1.67. The summed E-state index contributed by atoms with van der Waals surface area (Å²) in [4.78, 5) is 18.8. The molecular formula is C18H28N4O3. The number of carbonyl (C=O) groups excluding carboxylic acids is 1. The highest BCUT2D eigenvalue weighted by Gasteiger charge is 2.23. The van der Waals surface area contributed by atoms with E-state index in [0.29, 0.717) is 6.54 Å². The molecule has 138 valence electrons. The summed E-state index contributed by atoms with van der Waals surface area (Å²) >= 11 is 0. The molecule has 2 aliphatic heterocycles. The fourth-order valence-corrected chi connectivity index (χ4v) is 3.26. The van der Waals surface area contributed by atoms with Gasteiger partial charge in [0.25, 0.3) is 0 Å². The van der Waals surface area contributed by atoms with Crippen molar-refractivity contribution < 1.29 is 14.3 Å². The number of aromatic nitrogens is 1. The summed E-state index contributed by atoms with van der Waals surface area (Å²) in [5, 5.41) is 5.82. The second kappa shape index (κ2) is 8.49. The highest BCUT2D eigenvalue weighted by Crippen LogP contribution is 2.16. The molecule has 3 heterocycles. The van der Waals surface area contributed by atoms with Crippen LogP contribution in [0.1, 0.15) is 32.3 Å². The van der Waals surface area contributed by atoms with Crippen molar-refractivity contribution in [3.63, 3.8) is 0 Å². The van der Waals surface area contributed by atoms with E-state index in [1.54, 1.807) is 0 Å². The van der Waals surface area contributed by atoms with E-state index in [2.05, 4.69) is 27.4 Å². The quantitative estimate of drug-likeness (QED) is 0.847. The molecule has 25 heavy (non-hydrogen) atoms. The molecule has 3 rings (SSSR count). The molecule has 7 nitrogen and oxygen atoms in total. The maximum atomic E-state index is 12.0. The third-order valence-corrected chi connectivity index (χ3v) is 4.71. The van der Waals surface area contributed by atoms with Crippen molar-refractivity contribution in [2.24, 2.45) is 0 Å². The lowest BCUT2D eigenvalue weighted by Gasteiger charge is -2.32. The van der Waals surface area contributed by atoms with E-state index >= 15 is 0 Å². The predicted molar refractivity (Wildman–Crippen MR) is 95.7 cm³/mol. The van der Waals surface area contributed by atoms with Gasteiger partial charge in [0, 0.05) is 32.4 Å². The molecule has 2 N–H and O–H groups in total. The van der Waals surface area contributed by atoms with Crippen molar-refractivity contribution in [2.75, 3.05) is 31.2 Å². The van der Waals surface area contributed by atoms with E-state index < -0.39 is 0 Å². The van der Waals surface area contributed by atoms with Crippen LogP contribution in [0.4, 0.5) is 10.6 Å². The minimum absolute atomic E-state index is 0.0197. The number of carbonyl (C=O) groups is 1. The summed E-state index contributed by atoms with van der Waals surface area (Å²) in [6.45, 7) is 7.74. The minimum atomic E-state index is -0.172. The van der Waals surface area contributed by atoms with E-state index in [1.807, 2.05) is 25.3 Å². The SMILES string of the molecule is C[C@@H]1CN(c2ccc(CNC(=O)N[C@H](C)[C@@H]3CCCO3)cn2)CCO1. The molecule has 7 heteroatoms. The molecule has 1 aromatic heterocycles. The van der Waals surface area contributed by atoms with Crippen LogP contribution in [-0.2, 0) is 16.0 Å². The van der Waals surface area contributed by atoms with Crippen molar-refractivity contribution in [1.82, 2.24) is 15.6 Å². The van der Waals surface area contributed by atoms with Gasteiger partial charge >= 0.3 is 6.03 Å². The highest BCUT2D eigenvalue weighted by molar-refractivity contribution is 5.74. The Bertz CT molecular complexity index is 560. The Hall–Kier alpha value is -1.86. The zero-order chi connectivity index (χ0) is 17.6. The Kier molecular flexibility index (Phi) is 6.09. The second-order valence-corrected chi connectivity index (χ2v) is 6.82. The van der Waals surface area contributed by atoms with Crippen LogP contribution in [0.3, 0.4) is 0 Å². The van der Waals surface area contributed by atoms with Gasteiger partial charge in [0.1, 0.15) is 5.82 Å². The first-order valence-electron chi connectivity index (χ1n) is 9.09. The first-order chi connectivity index (χ1) is 12.1. The molecule has 0 saturated carbocycles. The Morgan fingerprint density at radius 2 is 2.28 bits per heavy atom. The maximum absolute atomic E-state index is 12.0. The monoisotopic (exact) mass is 348 g/mol. The molecule has 2 amide bonds. The molecule has 0 spiro atoms. The third-order valence-electron chi connectivity index (χ3n) is 4.71. The van der Waals surface area contributed by atoms with Crippen molar-refractivity contribution in [1.29, 1.82) is 0 Å². The molecule has 0 radical (unpaired) electrons. The molecule has 0 unspecified atom stereocenters. The van der Waals surface area contributed by atoms with Crippen molar-refractivity contribution in [2.45, 2.75) is 51.5 Å². The smallest absolute Gasteiger partial charge is 0.315 e. The van der Waals surface area contributed by atoms with E-state index in [4.69, 9.17) is 9.47 Å². The van der Waals surface area contributed by atoms with Gasteiger partial charge in [0.15, 0.2) is 0 Å². The normalized spacial score (nSPS) is 24.8. The summed E-state index contributed by atoms with van der Waals surface area (Å²) in [6.07, 6.45) is 4.25. The average Bonchev–Trinajstić information content (AvgIpc) is 3.15. The Labute approximate surface area is 149 Å². The lowest BCUT2D eigenvalue weighted by molar-refractivity contribution is 0.0529. The molecule has 2 saturated heterocycles. The summed E-state index contributed by atoms with van der Waals surface area (Å²) in [5.41, 5.74) is 0.977. The van der Waals surface area contributed by atoms with Gasteiger partial charge in [-0.05, 0) is 38.3 Å². The number of nitrogens with one attached hydrogen (secondary N) is 2. The van der Waals surface area contributed by atoms with E-state index in [9.17, 15) is 4.79 Å². The molecule has 0 aromatic carbocycles. The Morgan fingerprint density at radius 3 is 2.96 bits per heavy atom. The third kappa shape index (κ3) is 5.06. The number of rotatable bonds is 5. The maximum Gasteiger partial charge on any atom is 0.315 e. The largest absolute Gasteiger partial charge is 0.376 e. The van der Waals surface area contributed by atoms with E-state index in [-0.39, 0.29) is 24.3 Å². The fourth-order valence-electron chi connectivity index (χ4n) is 3.26. The first kappa shape index (κ1) is 17.9. The van der Waals surface area contributed by atoms with Gasteiger partial charge in [-0.25, -0.2) is 9.78 Å². The molecule has 1 aromatic rings. The van der Waals surface area contributed by atoms with Crippen molar-refractivity contribution in [3.05, 3.63) is 23.9 Å². The van der Waals surface area contributed by atoms with Crippen LogP contribution >= 0.6 is 0 Å². The summed E-state index contributed by atoms with van der Waals surface area (Å²) in [7, 11) is 0. The summed E-state index contributed by atoms with van der Waals surface area (Å²) in [5.74, 6) is 0.954. The van der Waals surface area contributed by atoms with Crippen LogP contribution in [0.25, 0.3) is 0 Å². The van der Waals surface area contributed by atoms with Crippen LogP contribution in [-0.4, -0.2) is 55.6 Å². The number of anilines is 1. The van der Waals surface area contributed by atoms with Gasteiger partial charge in [0.05, 0.1) is 24.9 Å². The van der Waals surface area contributed by atoms with Gasteiger partial charge in [-0.1, -0.05) is 6.07 Å². The zero-order valence-electron chi connectivity index (χ0n) is 15.0. The minimum Gasteiger partial charge on any atom is -0.376 e. The molecular weight excluding hydrogens is 320 g/mol. The van der Waals surface area contributed by atoms with Crippen LogP contribution < -0.4 is 15.5 Å². The number of morpholine rings is 1. The highest BCUT2D eigenvalue weighted by atomic mass is 16.5. The van der Waals surface area contributed by atoms with Gasteiger partial charge in [0.2, 0.25) is 0 Å². The number of hydrogen-bond acceptors (Lipinski definition) is 5. The zero-order valence-corrected chi connectivity index (χ0v) is 15.0. The van der Waals surface area contributed by atoms with Crippen molar-refractivity contribution in [3.8, 4) is 0 Å². The second-order valence-electron chi connectivity index (χ2n) is 6.82. The molecule has 0 bridgehead atoms. The topological polar surface area (TPSA) is 75.7 Å². The Balaban J connectivity index is 1.44. The van der Waals surface area contributed by atoms with Crippen LogP contribution in [0, 0.1) is 0 Å². The van der Waals surface area contributed by atoms with Gasteiger partial charge in [-0.2, -0.15) is 0 Å². The molecule has 2 fully saturated rings. The number of nitrogens with zero attached hydrogens (tertiary/aromatic N) is 2. The number of ether oxygens (including phenoxy) is 2. The van der Waals surface area contributed by atoms with Crippen molar-refractivity contribution >= 4 is 11.8 Å². The number of amides is 2. The average molecular weight is 348 g/mol. The van der Waals surface area contributed by atoms with Crippen LogP contribution in [0.15, 0.2) is 18.3 Å². The standard InChI is InChI=1S/C18H28N4O3/c1-13-12-22(7-9-24-13)17-6-5-15(10-19-17)11-20-18(23)21-14(2)16-4-3-8-25-16/h5-6,10,13-14,16H,3-4,7-9,11-12H2,1-2H3,(H2,20,21,23)/t13-,14-,16+/m1/s1. The van der Waals surface area contributed by atoms with Crippen LogP contribution in [0.5, 0.6) is 0 Å². The summed E-state index contributed by atoms with van der Waals surface area (Å²) < 4.78 is 11.1. The lowest BCUT2D eigenvalue weighted by atomic mass is 10.1. The number of pyridine rings is 1. The van der Waals surface area contributed by atoms with Gasteiger partial charge < -0.3 is 25.0 Å². The number of urea groups is 1. The van der Waals surface area contributed by atoms with E-state index in [0.717, 1.165) is 50.5 Å². The van der Waals surface area contributed by atoms with Gasteiger partial charge in [-0.3, -0.25) is 0 Å².